The van der Waals surface area contributed by atoms with Crippen LogP contribution in [-0.2, 0) is 19.3 Å². The highest BCUT2D eigenvalue weighted by atomic mass is 32.2. The summed E-state index contributed by atoms with van der Waals surface area (Å²) in [6, 6.07) is 7.58. The van der Waals surface area contributed by atoms with Crippen LogP contribution in [0.1, 0.15) is 31.9 Å². The second kappa shape index (κ2) is 8.36. The van der Waals surface area contributed by atoms with Crippen LogP contribution < -0.4 is 0 Å². The minimum absolute atomic E-state index is 0.0174. The molecule has 7 heteroatoms. The van der Waals surface area contributed by atoms with Crippen LogP contribution in [-0.4, -0.2) is 51.3 Å². The van der Waals surface area contributed by atoms with Gasteiger partial charge in [0.1, 0.15) is 22.0 Å². The Kier molecular flexibility index (Phi) is 6.71. The standard InChI is InChI=1S/C17H25NO4S2/c1-12(2)21-10-9-16-18-15(11-24(4,19)20)17(22-16)13-5-7-14(23-3)8-6-13/h5-8,12,15,17H,9-11H2,1-4H3/t15-,17+/m0/s1. The molecule has 2 rings (SSSR count). The summed E-state index contributed by atoms with van der Waals surface area (Å²) in [6.45, 7) is 4.46. The molecular formula is C17H25NO4S2. The van der Waals surface area contributed by atoms with Gasteiger partial charge in [0.2, 0.25) is 0 Å². The lowest BCUT2D eigenvalue weighted by Gasteiger charge is -2.18. The number of hydrogen-bond donors (Lipinski definition) is 0. The van der Waals surface area contributed by atoms with Gasteiger partial charge in [-0.15, -0.1) is 11.8 Å². The van der Waals surface area contributed by atoms with E-state index in [1.54, 1.807) is 11.8 Å². The van der Waals surface area contributed by atoms with Crippen LogP contribution >= 0.6 is 11.8 Å². The molecule has 0 unspecified atom stereocenters. The van der Waals surface area contributed by atoms with Gasteiger partial charge in [-0.25, -0.2) is 13.4 Å². The highest BCUT2D eigenvalue weighted by Gasteiger charge is 2.34. The maximum atomic E-state index is 11.7. The van der Waals surface area contributed by atoms with Crippen LogP contribution in [0, 0.1) is 0 Å². The van der Waals surface area contributed by atoms with Gasteiger partial charge in [-0.1, -0.05) is 12.1 Å². The van der Waals surface area contributed by atoms with Gasteiger partial charge >= 0.3 is 0 Å². The third-order valence-electron chi connectivity index (χ3n) is 3.61. The lowest BCUT2D eigenvalue weighted by molar-refractivity contribution is 0.0802. The molecule has 0 fully saturated rings. The van der Waals surface area contributed by atoms with E-state index in [-0.39, 0.29) is 18.0 Å². The largest absolute Gasteiger partial charge is 0.471 e. The molecule has 0 spiro atoms. The first-order valence-electron chi connectivity index (χ1n) is 7.95. The first-order chi connectivity index (χ1) is 11.3. The van der Waals surface area contributed by atoms with Gasteiger partial charge in [-0.2, -0.15) is 0 Å². The zero-order valence-corrected chi connectivity index (χ0v) is 16.2. The second-order valence-corrected chi connectivity index (χ2v) is 9.23. The molecule has 2 atom stereocenters. The predicted octanol–water partition coefficient (Wildman–Crippen LogP) is 3.11. The number of aliphatic imine (C=N–C) groups is 1. The van der Waals surface area contributed by atoms with Gasteiger partial charge in [-0.3, -0.25) is 0 Å². The average Bonchev–Trinajstić information content (AvgIpc) is 2.87. The molecule has 1 aromatic rings. The van der Waals surface area contributed by atoms with E-state index in [1.165, 1.54) is 6.26 Å². The molecule has 1 heterocycles. The number of benzene rings is 1. The summed E-state index contributed by atoms with van der Waals surface area (Å²) in [5.41, 5.74) is 0.949. The van der Waals surface area contributed by atoms with E-state index in [4.69, 9.17) is 9.47 Å². The molecule has 0 saturated heterocycles. The normalized spacial score (nSPS) is 21.0. The number of rotatable bonds is 8. The fraction of sp³-hybridized carbons (Fsp3) is 0.588. The molecular weight excluding hydrogens is 346 g/mol. The zero-order chi connectivity index (χ0) is 17.7. The first kappa shape index (κ1) is 19.3. The van der Waals surface area contributed by atoms with E-state index in [0.717, 1.165) is 10.5 Å². The fourth-order valence-electron chi connectivity index (χ4n) is 2.53. The van der Waals surface area contributed by atoms with Crippen LogP contribution in [0.15, 0.2) is 34.2 Å². The van der Waals surface area contributed by atoms with Gasteiger partial charge in [0, 0.05) is 17.6 Å². The van der Waals surface area contributed by atoms with E-state index in [1.807, 2.05) is 44.4 Å². The molecule has 0 bridgehead atoms. The predicted molar refractivity (Wildman–Crippen MR) is 98.7 cm³/mol. The maximum Gasteiger partial charge on any atom is 0.186 e. The molecule has 0 aromatic heterocycles. The summed E-state index contributed by atoms with van der Waals surface area (Å²) in [5, 5.41) is 0. The van der Waals surface area contributed by atoms with Crippen LogP contribution in [0.3, 0.4) is 0 Å². The van der Waals surface area contributed by atoms with E-state index in [9.17, 15) is 8.42 Å². The first-order valence-corrected chi connectivity index (χ1v) is 11.2. The highest BCUT2D eigenvalue weighted by Crippen LogP contribution is 2.32. The molecule has 1 aliphatic heterocycles. The second-order valence-electron chi connectivity index (χ2n) is 6.16. The Hall–Kier alpha value is -1.05. The number of hydrogen-bond acceptors (Lipinski definition) is 6. The molecule has 0 radical (unpaired) electrons. The third-order valence-corrected chi connectivity index (χ3v) is 5.30. The Balaban J connectivity index is 2.13. The van der Waals surface area contributed by atoms with E-state index in [2.05, 4.69) is 4.99 Å². The van der Waals surface area contributed by atoms with Crippen molar-refractivity contribution in [1.82, 2.24) is 0 Å². The molecule has 0 amide bonds. The molecule has 1 aromatic carbocycles. The van der Waals surface area contributed by atoms with Crippen molar-refractivity contribution in [2.45, 2.75) is 43.4 Å². The van der Waals surface area contributed by atoms with Gasteiger partial charge in [-0.05, 0) is 37.8 Å². The summed E-state index contributed by atoms with van der Waals surface area (Å²) < 4.78 is 34.9. The molecule has 0 saturated carbocycles. The van der Waals surface area contributed by atoms with Crippen molar-refractivity contribution < 1.29 is 17.9 Å². The Bertz CT molecular complexity index is 668. The van der Waals surface area contributed by atoms with Crippen LogP contribution in [0.5, 0.6) is 0 Å². The third kappa shape index (κ3) is 5.79. The zero-order valence-electron chi connectivity index (χ0n) is 14.6. The molecule has 0 aliphatic carbocycles. The summed E-state index contributed by atoms with van der Waals surface area (Å²) in [5.74, 6) is 0.555. The highest BCUT2D eigenvalue weighted by molar-refractivity contribution is 7.98. The summed E-state index contributed by atoms with van der Waals surface area (Å²) in [4.78, 5) is 5.66. The minimum atomic E-state index is -3.14. The van der Waals surface area contributed by atoms with Crippen LogP contribution in [0.25, 0.3) is 0 Å². The summed E-state index contributed by atoms with van der Waals surface area (Å²) in [6.07, 6.45) is 3.59. The number of sulfone groups is 1. The molecule has 0 N–H and O–H groups in total. The smallest absolute Gasteiger partial charge is 0.186 e. The van der Waals surface area contributed by atoms with Crippen molar-refractivity contribution in [1.29, 1.82) is 0 Å². The summed E-state index contributed by atoms with van der Waals surface area (Å²) >= 11 is 1.66. The topological polar surface area (TPSA) is 65.0 Å². The number of ether oxygens (including phenoxy) is 2. The van der Waals surface area contributed by atoms with Gasteiger partial charge in [0.15, 0.2) is 5.90 Å². The van der Waals surface area contributed by atoms with E-state index >= 15 is 0 Å². The number of thioether (sulfide) groups is 1. The Morgan fingerprint density at radius 1 is 1.29 bits per heavy atom. The SMILES string of the molecule is CSc1ccc([C@H]2OC(CCOC(C)C)=N[C@H]2CS(C)(=O)=O)cc1. The molecule has 24 heavy (non-hydrogen) atoms. The van der Waals surface area contributed by atoms with Gasteiger partial charge in [0.05, 0.1) is 18.5 Å². The van der Waals surface area contributed by atoms with Crippen molar-refractivity contribution in [2.24, 2.45) is 4.99 Å². The minimum Gasteiger partial charge on any atom is -0.471 e. The molecule has 5 nitrogen and oxygen atoms in total. The Morgan fingerprint density at radius 2 is 1.96 bits per heavy atom. The maximum absolute atomic E-state index is 11.7. The fourth-order valence-corrected chi connectivity index (χ4v) is 3.81. The monoisotopic (exact) mass is 371 g/mol. The van der Waals surface area contributed by atoms with Crippen molar-refractivity contribution in [3.05, 3.63) is 29.8 Å². The lowest BCUT2D eigenvalue weighted by atomic mass is 10.0. The average molecular weight is 372 g/mol. The summed E-state index contributed by atoms with van der Waals surface area (Å²) in [7, 11) is -3.14. The van der Waals surface area contributed by atoms with Crippen molar-refractivity contribution in [3.63, 3.8) is 0 Å². The Morgan fingerprint density at radius 3 is 2.50 bits per heavy atom. The van der Waals surface area contributed by atoms with Crippen LogP contribution in [0.2, 0.25) is 0 Å². The Labute approximate surface area is 148 Å². The number of nitrogens with zero attached hydrogens (tertiary/aromatic N) is 1. The van der Waals surface area contributed by atoms with Gasteiger partial charge in [0.25, 0.3) is 0 Å². The van der Waals surface area contributed by atoms with E-state index in [0.29, 0.717) is 18.9 Å². The van der Waals surface area contributed by atoms with Gasteiger partial charge < -0.3 is 9.47 Å². The molecule has 1 aliphatic rings. The lowest BCUT2D eigenvalue weighted by Crippen LogP contribution is -2.23. The van der Waals surface area contributed by atoms with Crippen molar-refractivity contribution in [2.75, 3.05) is 24.9 Å². The van der Waals surface area contributed by atoms with Crippen molar-refractivity contribution >= 4 is 27.5 Å². The quantitative estimate of drug-likeness (QED) is 0.657. The molecule has 134 valence electrons. The van der Waals surface area contributed by atoms with E-state index < -0.39 is 15.9 Å². The van der Waals surface area contributed by atoms with Crippen molar-refractivity contribution in [3.8, 4) is 0 Å². The van der Waals surface area contributed by atoms with Crippen LogP contribution in [0.4, 0.5) is 0 Å².